The summed E-state index contributed by atoms with van der Waals surface area (Å²) in [7, 11) is 0. The molecule has 1 aromatic heterocycles. The molecule has 0 aliphatic rings. The molecule has 1 aromatic carbocycles. The van der Waals surface area contributed by atoms with Crippen molar-refractivity contribution in [2.24, 2.45) is 5.73 Å². The van der Waals surface area contributed by atoms with E-state index in [4.69, 9.17) is 22.1 Å². The number of hydrogen-bond acceptors (Lipinski definition) is 3. The monoisotopic (exact) mass is 289 g/mol. The van der Waals surface area contributed by atoms with Crippen molar-refractivity contribution >= 4 is 17.5 Å². The molecular weight excluding hydrogens is 276 g/mol. The van der Waals surface area contributed by atoms with E-state index in [0.717, 1.165) is 16.7 Å². The minimum Gasteiger partial charge on any atom is -0.478 e. The van der Waals surface area contributed by atoms with Crippen molar-refractivity contribution in [1.29, 1.82) is 0 Å². The number of benzene rings is 1. The van der Waals surface area contributed by atoms with Crippen molar-refractivity contribution in [2.45, 2.75) is 6.92 Å². The first-order chi connectivity index (χ1) is 9.60. The molecule has 0 saturated carbocycles. The van der Waals surface area contributed by atoms with Gasteiger partial charge in [-0.05, 0) is 24.1 Å². The van der Waals surface area contributed by atoms with Gasteiger partial charge in [-0.25, -0.2) is 4.98 Å². The third-order valence-corrected chi connectivity index (χ3v) is 2.84. The van der Waals surface area contributed by atoms with E-state index in [1.165, 1.54) is 6.42 Å². The Labute approximate surface area is 122 Å². The molecule has 4 nitrogen and oxygen atoms in total. The highest BCUT2D eigenvalue weighted by molar-refractivity contribution is 6.30. The van der Waals surface area contributed by atoms with Crippen LogP contribution in [0.15, 0.2) is 36.5 Å². The van der Waals surface area contributed by atoms with Gasteiger partial charge in [-0.15, -0.1) is 0 Å². The standard InChI is InChI=1S/C15H14ClN2O2/c1-2-20-15-13(8-12(16)9-18-15)11-5-3-10(4-6-11)7-14(17)19/h3-9H,2H2,1H3,(H2,17,19). The van der Waals surface area contributed by atoms with Gasteiger partial charge < -0.3 is 10.5 Å². The molecule has 0 bridgehead atoms. The fraction of sp³-hybridized carbons (Fsp3) is 0.133. The number of primary amides is 1. The highest BCUT2D eigenvalue weighted by Crippen LogP contribution is 2.30. The van der Waals surface area contributed by atoms with E-state index in [-0.39, 0.29) is 0 Å². The number of nitrogens with zero attached hydrogens (tertiary/aromatic N) is 1. The maximum absolute atomic E-state index is 10.8. The molecule has 1 radical (unpaired) electrons. The summed E-state index contributed by atoms with van der Waals surface area (Å²) in [4.78, 5) is 15.0. The molecule has 0 saturated heterocycles. The number of amides is 1. The van der Waals surface area contributed by atoms with E-state index < -0.39 is 5.91 Å². The first-order valence-electron chi connectivity index (χ1n) is 6.13. The van der Waals surface area contributed by atoms with E-state index >= 15 is 0 Å². The van der Waals surface area contributed by atoms with Crippen LogP contribution in [0.4, 0.5) is 0 Å². The zero-order valence-electron chi connectivity index (χ0n) is 11.0. The van der Waals surface area contributed by atoms with Gasteiger partial charge in [0.25, 0.3) is 0 Å². The first-order valence-corrected chi connectivity index (χ1v) is 6.51. The molecule has 0 fully saturated rings. The number of halogens is 1. The average molecular weight is 290 g/mol. The van der Waals surface area contributed by atoms with Gasteiger partial charge in [0.15, 0.2) is 0 Å². The van der Waals surface area contributed by atoms with E-state index in [1.807, 2.05) is 19.1 Å². The maximum atomic E-state index is 10.8. The highest BCUT2D eigenvalue weighted by atomic mass is 35.5. The third kappa shape index (κ3) is 3.48. The minimum atomic E-state index is -0.475. The molecule has 0 aliphatic heterocycles. The van der Waals surface area contributed by atoms with E-state index in [9.17, 15) is 4.79 Å². The van der Waals surface area contributed by atoms with Crippen molar-refractivity contribution in [3.8, 4) is 17.0 Å². The first kappa shape index (κ1) is 14.3. The molecule has 0 unspecified atom stereocenters. The highest BCUT2D eigenvalue weighted by Gasteiger charge is 2.09. The summed E-state index contributed by atoms with van der Waals surface area (Å²) in [6.45, 7) is 2.42. The van der Waals surface area contributed by atoms with Crippen molar-refractivity contribution in [1.82, 2.24) is 4.98 Å². The van der Waals surface area contributed by atoms with E-state index in [2.05, 4.69) is 4.98 Å². The predicted molar refractivity (Wildman–Crippen MR) is 78.4 cm³/mol. The maximum Gasteiger partial charge on any atom is 0.226 e. The second-order valence-corrected chi connectivity index (χ2v) is 4.54. The number of pyridine rings is 1. The van der Waals surface area contributed by atoms with Gasteiger partial charge in [0.05, 0.1) is 18.1 Å². The number of aromatic nitrogens is 1. The van der Waals surface area contributed by atoms with Crippen LogP contribution in [-0.4, -0.2) is 17.5 Å². The Hall–Kier alpha value is -2.07. The Morgan fingerprint density at radius 3 is 2.70 bits per heavy atom. The lowest BCUT2D eigenvalue weighted by Gasteiger charge is -2.10. The molecule has 2 aromatic rings. The summed E-state index contributed by atoms with van der Waals surface area (Å²) in [5, 5.41) is 0.538. The van der Waals surface area contributed by atoms with Crippen molar-refractivity contribution in [3.05, 3.63) is 53.5 Å². The smallest absolute Gasteiger partial charge is 0.226 e. The number of ether oxygens (including phenoxy) is 1. The van der Waals surface area contributed by atoms with Gasteiger partial charge in [0.2, 0.25) is 11.8 Å². The molecule has 1 amide bonds. The van der Waals surface area contributed by atoms with Crippen LogP contribution in [0.1, 0.15) is 12.5 Å². The molecule has 103 valence electrons. The summed E-state index contributed by atoms with van der Waals surface area (Å²) in [5.41, 5.74) is 7.58. The van der Waals surface area contributed by atoms with Crippen LogP contribution in [0.25, 0.3) is 11.1 Å². The minimum absolute atomic E-state index is 0.475. The zero-order chi connectivity index (χ0) is 14.5. The third-order valence-electron chi connectivity index (χ3n) is 2.63. The SMILES string of the molecule is CCOc1ncc(Cl)cc1-c1ccc([CH]C(N)=O)cc1. The van der Waals surface area contributed by atoms with Crippen LogP contribution in [-0.2, 0) is 4.79 Å². The van der Waals surface area contributed by atoms with Crippen LogP contribution in [0, 0.1) is 6.42 Å². The Morgan fingerprint density at radius 2 is 2.10 bits per heavy atom. The summed E-state index contributed by atoms with van der Waals surface area (Å²) in [6.07, 6.45) is 2.91. The second-order valence-electron chi connectivity index (χ2n) is 4.11. The lowest BCUT2D eigenvalue weighted by atomic mass is 10.0. The summed E-state index contributed by atoms with van der Waals surface area (Å²) < 4.78 is 5.49. The van der Waals surface area contributed by atoms with Gasteiger partial charge in [0.1, 0.15) is 0 Å². The van der Waals surface area contributed by atoms with Crippen LogP contribution >= 0.6 is 11.6 Å². The van der Waals surface area contributed by atoms with E-state index in [0.29, 0.717) is 17.5 Å². The molecule has 0 aliphatic carbocycles. The number of hydrogen-bond donors (Lipinski definition) is 1. The molecule has 5 heteroatoms. The number of carbonyl (C=O) groups excluding carboxylic acids is 1. The molecule has 0 atom stereocenters. The molecule has 2 N–H and O–H groups in total. The fourth-order valence-corrected chi connectivity index (χ4v) is 1.97. The summed E-state index contributed by atoms with van der Waals surface area (Å²) >= 11 is 5.98. The Balaban J connectivity index is 2.35. The summed E-state index contributed by atoms with van der Waals surface area (Å²) in [5.74, 6) is 0.0562. The molecular formula is C15H14ClN2O2. The topological polar surface area (TPSA) is 65.2 Å². The van der Waals surface area contributed by atoms with Crippen molar-refractivity contribution in [3.63, 3.8) is 0 Å². The van der Waals surface area contributed by atoms with Gasteiger partial charge in [-0.1, -0.05) is 35.9 Å². The fourth-order valence-electron chi connectivity index (χ4n) is 1.81. The lowest BCUT2D eigenvalue weighted by molar-refractivity contribution is -0.114. The van der Waals surface area contributed by atoms with Crippen LogP contribution < -0.4 is 10.5 Å². The zero-order valence-corrected chi connectivity index (χ0v) is 11.7. The second kappa shape index (κ2) is 6.39. The van der Waals surface area contributed by atoms with Gasteiger partial charge >= 0.3 is 0 Å². The number of rotatable bonds is 5. The Morgan fingerprint density at radius 1 is 1.40 bits per heavy atom. The predicted octanol–water partition coefficient (Wildman–Crippen LogP) is 2.84. The number of nitrogens with two attached hydrogens (primary N) is 1. The molecule has 20 heavy (non-hydrogen) atoms. The largest absolute Gasteiger partial charge is 0.478 e. The normalized spacial score (nSPS) is 10.3. The molecule has 0 spiro atoms. The lowest BCUT2D eigenvalue weighted by Crippen LogP contribution is -2.11. The van der Waals surface area contributed by atoms with Crippen molar-refractivity contribution in [2.75, 3.05) is 6.61 Å². The molecule has 2 rings (SSSR count). The summed E-state index contributed by atoms with van der Waals surface area (Å²) in [6, 6.07) is 9.13. The van der Waals surface area contributed by atoms with Crippen LogP contribution in [0.5, 0.6) is 5.88 Å². The molecule has 1 heterocycles. The van der Waals surface area contributed by atoms with Gasteiger partial charge in [-0.2, -0.15) is 0 Å². The quantitative estimate of drug-likeness (QED) is 0.920. The average Bonchev–Trinajstić information content (AvgIpc) is 2.41. The van der Waals surface area contributed by atoms with Crippen LogP contribution in [0.2, 0.25) is 5.02 Å². The van der Waals surface area contributed by atoms with Crippen molar-refractivity contribution < 1.29 is 9.53 Å². The Bertz CT molecular complexity index is 612. The van der Waals surface area contributed by atoms with Crippen LogP contribution in [0.3, 0.4) is 0 Å². The Kier molecular flexibility index (Phi) is 4.58. The van der Waals surface area contributed by atoms with Gasteiger partial charge in [0, 0.05) is 11.8 Å². The number of carbonyl (C=O) groups is 1. The van der Waals surface area contributed by atoms with Gasteiger partial charge in [-0.3, -0.25) is 4.79 Å². The van der Waals surface area contributed by atoms with E-state index in [1.54, 1.807) is 24.4 Å².